The van der Waals surface area contributed by atoms with Gasteiger partial charge in [0.05, 0.1) is 6.61 Å². The molecular formula is C22H25N3O3. The van der Waals surface area contributed by atoms with Gasteiger partial charge in [-0.25, -0.2) is 10.1 Å². The van der Waals surface area contributed by atoms with Crippen molar-refractivity contribution in [3.05, 3.63) is 84.1 Å². The van der Waals surface area contributed by atoms with Crippen molar-refractivity contribution in [3.63, 3.8) is 0 Å². The largest absolute Gasteiger partial charge is 0.354 e. The molecule has 0 aromatic heterocycles. The topological polar surface area (TPSA) is 55.3 Å². The molecule has 0 aliphatic carbocycles. The van der Waals surface area contributed by atoms with Crippen LogP contribution in [0.15, 0.2) is 77.9 Å². The molecule has 0 spiro atoms. The van der Waals surface area contributed by atoms with Crippen molar-refractivity contribution in [1.82, 2.24) is 10.4 Å². The predicted octanol–water partition coefficient (Wildman–Crippen LogP) is 3.05. The van der Waals surface area contributed by atoms with Gasteiger partial charge in [0.15, 0.2) is 0 Å². The number of ether oxygens (including phenoxy) is 2. The highest BCUT2D eigenvalue weighted by Gasteiger charge is 2.27. The van der Waals surface area contributed by atoms with E-state index in [0.717, 1.165) is 18.5 Å². The Balaban J connectivity index is 1.44. The van der Waals surface area contributed by atoms with Gasteiger partial charge in [-0.1, -0.05) is 60.7 Å². The van der Waals surface area contributed by atoms with Crippen molar-refractivity contribution in [2.45, 2.75) is 18.6 Å². The first-order valence-corrected chi connectivity index (χ1v) is 9.59. The zero-order valence-electron chi connectivity index (χ0n) is 15.7. The SMILES string of the molecule is C1=CC(c2ccccc2)N(OCC2COCO2)C(NCCc2ccccc2)=N1. The summed E-state index contributed by atoms with van der Waals surface area (Å²) >= 11 is 0. The molecule has 6 heteroatoms. The smallest absolute Gasteiger partial charge is 0.223 e. The lowest BCUT2D eigenvalue weighted by atomic mass is 10.1. The van der Waals surface area contributed by atoms with Crippen LogP contribution in [0.3, 0.4) is 0 Å². The van der Waals surface area contributed by atoms with Gasteiger partial charge in [-0.2, -0.15) is 0 Å². The molecule has 2 unspecified atom stereocenters. The molecule has 2 aromatic carbocycles. The second-order valence-electron chi connectivity index (χ2n) is 6.71. The van der Waals surface area contributed by atoms with Crippen LogP contribution < -0.4 is 5.32 Å². The first kappa shape index (κ1) is 18.7. The lowest BCUT2D eigenvalue weighted by molar-refractivity contribution is -0.147. The third-order valence-electron chi connectivity index (χ3n) is 4.70. The summed E-state index contributed by atoms with van der Waals surface area (Å²) < 4.78 is 10.8. The average Bonchev–Trinajstić information content (AvgIpc) is 3.28. The van der Waals surface area contributed by atoms with E-state index in [1.165, 1.54) is 5.56 Å². The predicted molar refractivity (Wildman–Crippen MR) is 107 cm³/mol. The summed E-state index contributed by atoms with van der Waals surface area (Å²) in [5.41, 5.74) is 2.42. The summed E-state index contributed by atoms with van der Waals surface area (Å²) in [7, 11) is 0. The monoisotopic (exact) mass is 379 g/mol. The molecule has 0 amide bonds. The minimum absolute atomic E-state index is 0.0553. The zero-order chi connectivity index (χ0) is 19.0. The van der Waals surface area contributed by atoms with Gasteiger partial charge in [0.25, 0.3) is 0 Å². The van der Waals surface area contributed by atoms with Crippen LogP contribution in [0.4, 0.5) is 0 Å². The molecule has 2 heterocycles. The second-order valence-corrected chi connectivity index (χ2v) is 6.71. The lowest BCUT2D eigenvalue weighted by Gasteiger charge is -2.34. The summed E-state index contributed by atoms with van der Waals surface area (Å²) in [6.07, 6.45) is 4.71. The van der Waals surface area contributed by atoms with Crippen LogP contribution in [-0.2, 0) is 20.7 Å². The van der Waals surface area contributed by atoms with Crippen LogP contribution in [0, 0.1) is 0 Å². The summed E-state index contributed by atoms with van der Waals surface area (Å²) in [5.74, 6) is 0.700. The molecule has 0 saturated carbocycles. The number of benzene rings is 2. The van der Waals surface area contributed by atoms with Crippen LogP contribution in [0.2, 0.25) is 0 Å². The number of nitrogens with one attached hydrogen (secondary N) is 1. The second kappa shape index (κ2) is 9.50. The summed E-state index contributed by atoms with van der Waals surface area (Å²) in [4.78, 5) is 10.6. The highest BCUT2D eigenvalue weighted by atomic mass is 16.7. The maximum Gasteiger partial charge on any atom is 0.223 e. The Bertz CT molecular complexity index is 789. The molecule has 2 aliphatic rings. The summed E-state index contributed by atoms with van der Waals surface area (Å²) in [6.45, 7) is 2.05. The number of hydroxylamine groups is 2. The van der Waals surface area contributed by atoms with E-state index >= 15 is 0 Å². The molecule has 1 saturated heterocycles. The van der Waals surface area contributed by atoms with Crippen molar-refractivity contribution >= 4 is 5.96 Å². The normalized spacial score (nSPS) is 21.6. The Labute approximate surface area is 165 Å². The first-order valence-electron chi connectivity index (χ1n) is 9.59. The minimum Gasteiger partial charge on any atom is -0.354 e. The molecule has 0 bridgehead atoms. The Morgan fingerprint density at radius 3 is 2.61 bits per heavy atom. The van der Waals surface area contributed by atoms with E-state index in [0.29, 0.717) is 26.0 Å². The Hall–Kier alpha value is -2.67. The van der Waals surface area contributed by atoms with Crippen LogP contribution in [-0.4, -0.2) is 43.7 Å². The van der Waals surface area contributed by atoms with E-state index in [-0.39, 0.29) is 12.1 Å². The zero-order valence-corrected chi connectivity index (χ0v) is 15.7. The van der Waals surface area contributed by atoms with E-state index in [9.17, 15) is 0 Å². The fourth-order valence-electron chi connectivity index (χ4n) is 3.22. The van der Waals surface area contributed by atoms with E-state index < -0.39 is 0 Å². The van der Waals surface area contributed by atoms with Gasteiger partial charge < -0.3 is 14.8 Å². The Kier molecular flexibility index (Phi) is 6.34. The van der Waals surface area contributed by atoms with E-state index in [4.69, 9.17) is 14.3 Å². The highest BCUT2D eigenvalue weighted by Crippen LogP contribution is 2.26. The first-order chi connectivity index (χ1) is 13.9. The van der Waals surface area contributed by atoms with Gasteiger partial charge in [-0.15, -0.1) is 0 Å². The van der Waals surface area contributed by atoms with Gasteiger partial charge in [0.2, 0.25) is 5.96 Å². The third kappa shape index (κ3) is 4.78. The highest BCUT2D eigenvalue weighted by molar-refractivity contribution is 5.81. The molecule has 4 rings (SSSR count). The molecule has 2 aromatic rings. The van der Waals surface area contributed by atoms with Gasteiger partial charge in [0.1, 0.15) is 25.5 Å². The molecule has 146 valence electrons. The number of guanidine groups is 1. The van der Waals surface area contributed by atoms with E-state index in [1.807, 2.05) is 41.6 Å². The Morgan fingerprint density at radius 2 is 1.86 bits per heavy atom. The molecule has 28 heavy (non-hydrogen) atoms. The van der Waals surface area contributed by atoms with Crippen molar-refractivity contribution in [3.8, 4) is 0 Å². The van der Waals surface area contributed by atoms with Gasteiger partial charge in [0, 0.05) is 12.7 Å². The molecule has 2 atom stereocenters. The van der Waals surface area contributed by atoms with Gasteiger partial charge >= 0.3 is 0 Å². The number of hydrogen-bond donors (Lipinski definition) is 1. The number of nitrogens with zero attached hydrogens (tertiary/aromatic N) is 2. The number of aliphatic imine (C=N–C) groups is 1. The Morgan fingerprint density at radius 1 is 1.07 bits per heavy atom. The summed E-state index contributed by atoms with van der Waals surface area (Å²) in [6, 6.07) is 20.6. The van der Waals surface area contributed by atoms with Crippen LogP contribution in [0.5, 0.6) is 0 Å². The van der Waals surface area contributed by atoms with E-state index in [1.54, 1.807) is 0 Å². The minimum atomic E-state index is -0.0621. The van der Waals surface area contributed by atoms with Gasteiger partial charge in [-0.05, 0) is 23.6 Å². The quantitative estimate of drug-likeness (QED) is 0.801. The van der Waals surface area contributed by atoms with Crippen LogP contribution >= 0.6 is 0 Å². The maximum absolute atomic E-state index is 6.13. The van der Waals surface area contributed by atoms with E-state index in [2.05, 4.69) is 46.7 Å². The van der Waals surface area contributed by atoms with Gasteiger partial charge in [-0.3, -0.25) is 4.84 Å². The number of hydrogen-bond acceptors (Lipinski definition) is 6. The lowest BCUT2D eigenvalue weighted by Crippen LogP contribution is -2.46. The molecule has 6 nitrogen and oxygen atoms in total. The third-order valence-corrected chi connectivity index (χ3v) is 4.70. The van der Waals surface area contributed by atoms with Crippen molar-refractivity contribution in [1.29, 1.82) is 0 Å². The van der Waals surface area contributed by atoms with Crippen molar-refractivity contribution < 1.29 is 14.3 Å². The fourth-order valence-corrected chi connectivity index (χ4v) is 3.22. The maximum atomic E-state index is 6.13. The van der Waals surface area contributed by atoms with Crippen LogP contribution in [0.25, 0.3) is 0 Å². The standard InChI is InChI=1S/C22H25N3O3/c1-3-7-18(8-4-1)11-13-23-22-24-14-12-21(19-9-5-2-6-10-19)25(22)28-16-20-15-26-17-27-20/h1-10,12,14,20-21H,11,13,15-17H2,(H,23,24). The molecule has 0 radical (unpaired) electrons. The molecule has 1 N–H and O–H groups in total. The van der Waals surface area contributed by atoms with Crippen molar-refractivity contribution in [2.75, 3.05) is 26.6 Å². The molecule has 2 aliphatic heterocycles. The van der Waals surface area contributed by atoms with Crippen molar-refractivity contribution in [2.24, 2.45) is 4.99 Å². The van der Waals surface area contributed by atoms with Crippen LogP contribution in [0.1, 0.15) is 17.2 Å². The molecular weight excluding hydrogens is 354 g/mol. The summed E-state index contributed by atoms with van der Waals surface area (Å²) in [5, 5.41) is 5.26. The number of rotatable bonds is 7. The molecule has 1 fully saturated rings. The fraction of sp³-hybridized carbons (Fsp3) is 0.318. The average molecular weight is 379 g/mol.